The monoisotopic (exact) mass is 300 g/mol. The Morgan fingerprint density at radius 2 is 1.27 bits per heavy atom. The zero-order valence-electron chi connectivity index (χ0n) is 12.2. The molecule has 0 amide bonds. The molecule has 5 nitrogen and oxygen atoms in total. The minimum absolute atomic E-state index is 0.00324. The molecule has 0 bridgehead atoms. The fraction of sp³-hybridized carbons (Fsp3) is 0.176. The van der Waals surface area contributed by atoms with Crippen LogP contribution >= 0.6 is 0 Å². The van der Waals surface area contributed by atoms with Crippen molar-refractivity contribution in [3.05, 3.63) is 65.7 Å². The molecule has 0 aromatic heterocycles. The Morgan fingerprint density at radius 3 is 1.77 bits per heavy atom. The fourth-order valence-corrected chi connectivity index (χ4v) is 1.71. The normalized spacial score (nSPS) is 9.86. The molecule has 2 rings (SSSR count). The molecule has 22 heavy (non-hydrogen) atoms. The molecule has 0 aliphatic carbocycles. The largest absolute Gasteiger partial charge is 0.497 e. The molecule has 0 fully saturated rings. The van der Waals surface area contributed by atoms with E-state index < -0.39 is 11.9 Å². The van der Waals surface area contributed by atoms with Crippen molar-refractivity contribution in [1.82, 2.24) is 0 Å². The van der Waals surface area contributed by atoms with Gasteiger partial charge in [-0.05, 0) is 23.3 Å². The van der Waals surface area contributed by atoms with Crippen LogP contribution in [0.2, 0.25) is 0 Å². The van der Waals surface area contributed by atoms with E-state index in [2.05, 4.69) is 0 Å². The molecular weight excluding hydrogens is 284 g/mol. The van der Waals surface area contributed by atoms with Crippen LogP contribution in [-0.2, 0) is 32.3 Å². The summed E-state index contributed by atoms with van der Waals surface area (Å²) in [6.45, 7) is 0.0422. The van der Waals surface area contributed by atoms with E-state index >= 15 is 0 Å². The van der Waals surface area contributed by atoms with Gasteiger partial charge in [-0.2, -0.15) is 0 Å². The van der Waals surface area contributed by atoms with Gasteiger partial charge in [-0.3, -0.25) is 0 Å². The SMILES string of the molecule is COc1ccc(COC(=O)C(=O)OCc2ccccc2)cc1. The molecule has 5 heteroatoms. The van der Waals surface area contributed by atoms with Crippen molar-refractivity contribution >= 4 is 11.9 Å². The minimum Gasteiger partial charge on any atom is -0.497 e. The van der Waals surface area contributed by atoms with Crippen LogP contribution in [0.1, 0.15) is 11.1 Å². The Balaban J connectivity index is 1.77. The maximum absolute atomic E-state index is 11.5. The van der Waals surface area contributed by atoms with Gasteiger partial charge in [-0.15, -0.1) is 0 Å². The van der Waals surface area contributed by atoms with Gasteiger partial charge < -0.3 is 14.2 Å². The molecule has 114 valence electrons. The first-order valence-electron chi connectivity index (χ1n) is 6.70. The molecule has 0 unspecified atom stereocenters. The maximum atomic E-state index is 11.5. The lowest BCUT2D eigenvalue weighted by Crippen LogP contribution is -2.20. The molecule has 0 aliphatic rings. The van der Waals surface area contributed by atoms with E-state index in [4.69, 9.17) is 14.2 Å². The Hall–Kier alpha value is -2.82. The van der Waals surface area contributed by atoms with Crippen LogP contribution in [0.3, 0.4) is 0 Å². The average Bonchev–Trinajstić information content (AvgIpc) is 2.58. The van der Waals surface area contributed by atoms with Gasteiger partial charge in [0.2, 0.25) is 0 Å². The van der Waals surface area contributed by atoms with E-state index in [-0.39, 0.29) is 13.2 Å². The van der Waals surface area contributed by atoms with Crippen LogP contribution in [0.15, 0.2) is 54.6 Å². The van der Waals surface area contributed by atoms with Crippen molar-refractivity contribution in [3.8, 4) is 5.75 Å². The number of carbonyl (C=O) groups is 2. The highest BCUT2D eigenvalue weighted by Crippen LogP contribution is 2.12. The molecule has 0 saturated heterocycles. The number of rotatable bonds is 5. The lowest BCUT2D eigenvalue weighted by Gasteiger charge is -2.06. The molecule has 0 aliphatic heterocycles. The summed E-state index contributed by atoms with van der Waals surface area (Å²) in [4.78, 5) is 23.1. The Labute approximate surface area is 128 Å². The third-order valence-corrected chi connectivity index (χ3v) is 2.91. The molecule has 0 heterocycles. The van der Waals surface area contributed by atoms with E-state index in [1.807, 2.05) is 18.2 Å². The van der Waals surface area contributed by atoms with Gasteiger partial charge in [0.1, 0.15) is 19.0 Å². The molecule has 2 aromatic carbocycles. The Morgan fingerprint density at radius 1 is 0.773 bits per heavy atom. The summed E-state index contributed by atoms with van der Waals surface area (Å²) in [6.07, 6.45) is 0. The van der Waals surface area contributed by atoms with Crippen LogP contribution < -0.4 is 4.74 Å². The van der Waals surface area contributed by atoms with Gasteiger partial charge in [0.05, 0.1) is 7.11 Å². The highest BCUT2D eigenvalue weighted by molar-refractivity contribution is 6.29. The van der Waals surface area contributed by atoms with Gasteiger partial charge in [0.25, 0.3) is 0 Å². The lowest BCUT2D eigenvalue weighted by atomic mass is 10.2. The smallest absolute Gasteiger partial charge is 0.417 e. The molecule has 0 spiro atoms. The second-order valence-electron chi connectivity index (χ2n) is 4.49. The van der Waals surface area contributed by atoms with Crippen molar-refractivity contribution in [2.45, 2.75) is 13.2 Å². The summed E-state index contributed by atoms with van der Waals surface area (Å²) in [6, 6.07) is 16.1. The van der Waals surface area contributed by atoms with E-state index in [1.165, 1.54) is 0 Å². The van der Waals surface area contributed by atoms with E-state index in [0.717, 1.165) is 11.1 Å². The quantitative estimate of drug-likeness (QED) is 0.627. The zero-order valence-corrected chi connectivity index (χ0v) is 12.2. The summed E-state index contributed by atoms with van der Waals surface area (Å²) < 4.78 is 14.8. The average molecular weight is 300 g/mol. The predicted octanol–water partition coefficient (Wildman–Crippen LogP) is 2.48. The van der Waals surface area contributed by atoms with Crippen LogP contribution in [-0.4, -0.2) is 19.0 Å². The first-order chi connectivity index (χ1) is 10.7. The third kappa shape index (κ3) is 4.63. The van der Waals surface area contributed by atoms with Gasteiger partial charge in [0, 0.05) is 0 Å². The number of carbonyl (C=O) groups excluding carboxylic acids is 2. The third-order valence-electron chi connectivity index (χ3n) is 2.91. The van der Waals surface area contributed by atoms with Crippen molar-refractivity contribution in [2.24, 2.45) is 0 Å². The first kappa shape index (κ1) is 15.6. The number of benzene rings is 2. The molecule has 0 N–H and O–H groups in total. The summed E-state index contributed by atoms with van der Waals surface area (Å²) in [5, 5.41) is 0. The maximum Gasteiger partial charge on any atom is 0.417 e. The van der Waals surface area contributed by atoms with Crippen molar-refractivity contribution in [2.75, 3.05) is 7.11 Å². The standard InChI is InChI=1S/C17H16O5/c1-20-15-9-7-14(8-10-15)12-22-17(19)16(18)21-11-13-5-3-2-4-6-13/h2-10H,11-12H2,1H3. The van der Waals surface area contributed by atoms with E-state index in [9.17, 15) is 9.59 Å². The van der Waals surface area contributed by atoms with E-state index in [1.54, 1.807) is 43.5 Å². The van der Waals surface area contributed by atoms with Crippen molar-refractivity contribution in [1.29, 1.82) is 0 Å². The summed E-state index contributed by atoms with van der Waals surface area (Å²) >= 11 is 0. The molecule has 0 saturated carbocycles. The Kier molecular flexibility index (Phi) is 5.54. The van der Waals surface area contributed by atoms with Gasteiger partial charge >= 0.3 is 11.9 Å². The number of hydrogen-bond acceptors (Lipinski definition) is 5. The highest BCUT2D eigenvalue weighted by atomic mass is 16.6. The number of esters is 2. The lowest BCUT2D eigenvalue weighted by molar-refractivity contribution is -0.169. The molecular formula is C17H16O5. The number of ether oxygens (including phenoxy) is 3. The summed E-state index contributed by atoms with van der Waals surface area (Å²) in [7, 11) is 1.57. The second-order valence-corrected chi connectivity index (χ2v) is 4.49. The fourth-order valence-electron chi connectivity index (χ4n) is 1.71. The highest BCUT2D eigenvalue weighted by Gasteiger charge is 2.17. The minimum atomic E-state index is -1.01. The van der Waals surface area contributed by atoms with Crippen LogP contribution in [0, 0.1) is 0 Å². The van der Waals surface area contributed by atoms with Gasteiger partial charge in [-0.1, -0.05) is 42.5 Å². The molecule has 0 atom stereocenters. The summed E-state index contributed by atoms with van der Waals surface area (Å²) in [5.74, 6) is -1.30. The number of methoxy groups -OCH3 is 1. The van der Waals surface area contributed by atoms with Crippen molar-refractivity contribution < 1.29 is 23.8 Å². The number of hydrogen-bond donors (Lipinski definition) is 0. The predicted molar refractivity (Wildman–Crippen MR) is 79.0 cm³/mol. The van der Waals surface area contributed by atoms with E-state index in [0.29, 0.717) is 5.75 Å². The van der Waals surface area contributed by atoms with Crippen molar-refractivity contribution in [3.63, 3.8) is 0 Å². The van der Waals surface area contributed by atoms with Crippen LogP contribution in [0.4, 0.5) is 0 Å². The first-order valence-corrected chi connectivity index (χ1v) is 6.70. The topological polar surface area (TPSA) is 61.8 Å². The molecule has 0 radical (unpaired) electrons. The van der Waals surface area contributed by atoms with Crippen LogP contribution in [0.5, 0.6) is 5.75 Å². The summed E-state index contributed by atoms with van der Waals surface area (Å²) in [5.41, 5.74) is 1.56. The zero-order chi connectivity index (χ0) is 15.8. The molecule has 2 aromatic rings. The van der Waals surface area contributed by atoms with Gasteiger partial charge in [0.15, 0.2) is 0 Å². The van der Waals surface area contributed by atoms with Gasteiger partial charge in [-0.25, -0.2) is 9.59 Å². The second kappa shape index (κ2) is 7.83. The van der Waals surface area contributed by atoms with Crippen LogP contribution in [0.25, 0.3) is 0 Å². The Bertz CT molecular complexity index is 619.